The number of ether oxygens (including phenoxy) is 1. The molecule has 2 aliphatic heterocycles. The van der Waals surface area contributed by atoms with Gasteiger partial charge in [0, 0.05) is 19.7 Å². The van der Waals surface area contributed by atoms with E-state index in [0.717, 1.165) is 57.0 Å². The summed E-state index contributed by atoms with van der Waals surface area (Å²) in [6.45, 7) is 3.26. The first-order valence-corrected chi connectivity index (χ1v) is 8.96. The largest absolute Gasteiger partial charge is 0.390 e. The first kappa shape index (κ1) is 15.3. The van der Waals surface area contributed by atoms with Crippen LogP contribution in [0.2, 0.25) is 0 Å². The van der Waals surface area contributed by atoms with Gasteiger partial charge in [-0.3, -0.25) is 4.90 Å². The van der Waals surface area contributed by atoms with Gasteiger partial charge >= 0.3 is 0 Å². The Morgan fingerprint density at radius 2 is 2.24 bits per heavy atom. The van der Waals surface area contributed by atoms with Crippen molar-refractivity contribution in [2.24, 2.45) is 0 Å². The van der Waals surface area contributed by atoms with Gasteiger partial charge in [-0.15, -0.1) is 0 Å². The number of hydrogen-bond acceptors (Lipinski definition) is 7. The number of piperidine rings is 1. The van der Waals surface area contributed by atoms with Crippen molar-refractivity contribution in [3.05, 3.63) is 11.7 Å². The summed E-state index contributed by atoms with van der Waals surface area (Å²) in [7, 11) is 0. The van der Waals surface area contributed by atoms with Gasteiger partial charge < -0.3 is 14.4 Å². The highest BCUT2D eigenvalue weighted by Crippen LogP contribution is 2.35. The standard InChI is InChI=1S/C14H23N3O3S/c1-21-10-12-15-13(20-16-12)9-17-6-4-14(5-7-17)11(18)3-2-8-19-14/h11,18H,2-10H2,1H3/t11-/m0/s1. The van der Waals surface area contributed by atoms with Crippen LogP contribution < -0.4 is 0 Å². The third-order valence-corrected chi connectivity index (χ3v) is 5.01. The Balaban J connectivity index is 1.53. The van der Waals surface area contributed by atoms with Gasteiger partial charge in [0.1, 0.15) is 0 Å². The van der Waals surface area contributed by atoms with Crippen molar-refractivity contribution in [1.29, 1.82) is 0 Å². The molecule has 0 unspecified atom stereocenters. The van der Waals surface area contributed by atoms with Crippen LogP contribution in [0.5, 0.6) is 0 Å². The molecule has 2 fully saturated rings. The molecule has 0 bridgehead atoms. The van der Waals surface area contributed by atoms with Crippen LogP contribution in [0.3, 0.4) is 0 Å². The third kappa shape index (κ3) is 3.41. The van der Waals surface area contributed by atoms with Crippen LogP contribution >= 0.6 is 11.8 Å². The van der Waals surface area contributed by atoms with Crippen molar-refractivity contribution in [3.63, 3.8) is 0 Å². The van der Waals surface area contributed by atoms with Crippen LogP contribution in [-0.2, 0) is 17.0 Å². The topological polar surface area (TPSA) is 71.6 Å². The fraction of sp³-hybridized carbons (Fsp3) is 0.857. The molecule has 0 saturated carbocycles. The average Bonchev–Trinajstić information content (AvgIpc) is 2.92. The lowest BCUT2D eigenvalue weighted by Gasteiger charge is -2.46. The molecule has 0 aromatic carbocycles. The molecule has 1 aromatic rings. The predicted octanol–water partition coefficient (Wildman–Crippen LogP) is 1.44. The van der Waals surface area contributed by atoms with Crippen LogP contribution in [0.15, 0.2) is 4.52 Å². The zero-order valence-electron chi connectivity index (χ0n) is 12.5. The van der Waals surface area contributed by atoms with E-state index in [0.29, 0.717) is 12.4 Å². The number of nitrogens with zero attached hydrogens (tertiary/aromatic N) is 3. The quantitative estimate of drug-likeness (QED) is 0.901. The van der Waals surface area contributed by atoms with Crippen molar-refractivity contribution in [3.8, 4) is 0 Å². The van der Waals surface area contributed by atoms with E-state index in [9.17, 15) is 5.11 Å². The summed E-state index contributed by atoms with van der Waals surface area (Å²) in [6, 6.07) is 0. The normalized spacial score (nSPS) is 26.3. The summed E-state index contributed by atoms with van der Waals surface area (Å²) in [5, 5.41) is 14.2. The molecule has 0 aliphatic carbocycles. The van der Waals surface area contributed by atoms with E-state index < -0.39 is 0 Å². The monoisotopic (exact) mass is 313 g/mol. The van der Waals surface area contributed by atoms with Crippen LogP contribution in [0.25, 0.3) is 0 Å². The maximum Gasteiger partial charge on any atom is 0.240 e. The predicted molar refractivity (Wildman–Crippen MR) is 80.0 cm³/mol. The van der Waals surface area contributed by atoms with Crippen molar-refractivity contribution in [2.75, 3.05) is 26.0 Å². The fourth-order valence-electron chi connectivity index (χ4n) is 3.21. The number of likely N-dealkylation sites (tertiary alicyclic amines) is 1. The van der Waals surface area contributed by atoms with Gasteiger partial charge in [-0.1, -0.05) is 5.16 Å². The van der Waals surface area contributed by atoms with E-state index in [1.165, 1.54) is 0 Å². The van der Waals surface area contributed by atoms with Crippen LogP contribution in [0, 0.1) is 0 Å². The number of thioether (sulfide) groups is 1. The highest BCUT2D eigenvalue weighted by molar-refractivity contribution is 7.97. The van der Waals surface area contributed by atoms with Gasteiger partial charge in [-0.05, 0) is 31.9 Å². The Kier molecular flexibility index (Phi) is 4.83. The van der Waals surface area contributed by atoms with E-state index in [4.69, 9.17) is 9.26 Å². The molecule has 1 N–H and O–H groups in total. The molecule has 2 saturated heterocycles. The molecule has 3 heterocycles. The molecule has 1 spiro atoms. The number of aliphatic hydroxyl groups excluding tert-OH is 1. The zero-order valence-corrected chi connectivity index (χ0v) is 13.3. The number of aliphatic hydroxyl groups is 1. The molecular weight excluding hydrogens is 290 g/mol. The molecule has 2 aliphatic rings. The minimum atomic E-state index is -0.315. The molecule has 21 heavy (non-hydrogen) atoms. The SMILES string of the molecule is CSCc1noc(CN2CCC3(CC2)OCCC[C@@H]3O)n1. The van der Waals surface area contributed by atoms with Crippen molar-refractivity contribution >= 4 is 11.8 Å². The second-order valence-electron chi connectivity index (χ2n) is 5.88. The highest BCUT2D eigenvalue weighted by atomic mass is 32.2. The summed E-state index contributed by atoms with van der Waals surface area (Å²) in [5.41, 5.74) is -0.312. The minimum Gasteiger partial charge on any atom is -0.390 e. The van der Waals surface area contributed by atoms with E-state index in [1.54, 1.807) is 11.8 Å². The Morgan fingerprint density at radius 1 is 1.43 bits per heavy atom. The van der Waals surface area contributed by atoms with E-state index in [2.05, 4.69) is 15.0 Å². The van der Waals surface area contributed by atoms with Gasteiger partial charge in [0.25, 0.3) is 0 Å². The molecule has 1 atom stereocenters. The molecule has 0 radical (unpaired) electrons. The van der Waals surface area contributed by atoms with E-state index >= 15 is 0 Å². The summed E-state index contributed by atoms with van der Waals surface area (Å²) in [6.07, 6.45) is 5.29. The maximum atomic E-state index is 10.2. The first-order chi connectivity index (χ1) is 10.2. The zero-order chi connectivity index (χ0) is 14.7. The lowest BCUT2D eigenvalue weighted by atomic mass is 9.82. The summed E-state index contributed by atoms with van der Waals surface area (Å²) >= 11 is 1.69. The van der Waals surface area contributed by atoms with Crippen molar-refractivity contribution in [2.45, 2.75) is 49.7 Å². The molecule has 6 nitrogen and oxygen atoms in total. The highest BCUT2D eigenvalue weighted by Gasteiger charge is 2.43. The van der Waals surface area contributed by atoms with Gasteiger partial charge in [0.05, 0.1) is 24.0 Å². The second kappa shape index (κ2) is 6.64. The van der Waals surface area contributed by atoms with E-state index in [1.807, 2.05) is 6.26 Å². The molecule has 0 amide bonds. The van der Waals surface area contributed by atoms with Gasteiger partial charge in [-0.2, -0.15) is 16.7 Å². The molecule has 7 heteroatoms. The Morgan fingerprint density at radius 3 is 2.95 bits per heavy atom. The molecular formula is C14H23N3O3S. The summed E-state index contributed by atoms with van der Waals surface area (Å²) in [4.78, 5) is 6.69. The lowest BCUT2D eigenvalue weighted by Crippen LogP contribution is -2.55. The molecule has 3 rings (SSSR count). The average molecular weight is 313 g/mol. The van der Waals surface area contributed by atoms with E-state index in [-0.39, 0.29) is 11.7 Å². The smallest absolute Gasteiger partial charge is 0.240 e. The number of hydrogen-bond donors (Lipinski definition) is 1. The maximum absolute atomic E-state index is 10.2. The summed E-state index contributed by atoms with van der Waals surface area (Å²) < 4.78 is 11.2. The Bertz CT molecular complexity index is 460. The Hall–Kier alpha value is -0.630. The minimum absolute atomic E-state index is 0.312. The van der Waals surface area contributed by atoms with Crippen LogP contribution in [0.4, 0.5) is 0 Å². The fourth-order valence-corrected chi connectivity index (χ4v) is 3.59. The van der Waals surface area contributed by atoms with Crippen molar-refractivity contribution in [1.82, 2.24) is 15.0 Å². The van der Waals surface area contributed by atoms with Crippen LogP contribution in [-0.4, -0.2) is 57.8 Å². The number of rotatable bonds is 4. The Labute approximate surface area is 129 Å². The lowest BCUT2D eigenvalue weighted by molar-refractivity contribution is -0.177. The third-order valence-electron chi connectivity index (χ3n) is 4.46. The summed E-state index contributed by atoms with van der Waals surface area (Å²) in [5.74, 6) is 2.23. The first-order valence-electron chi connectivity index (χ1n) is 7.57. The second-order valence-corrected chi connectivity index (χ2v) is 6.75. The van der Waals surface area contributed by atoms with Gasteiger partial charge in [-0.25, -0.2) is 0 Å². The number of aromatic nitrogens is 2. The van der Waals surface area contributed by atoms with Gasteiger partial charge in [0.15, 0.2) is 5.82 Å². The van der Waals surface area contributed by atoms with Crippen LogP contribution in [0.1, 0.15) is 37.4 Å². The van der Waals surface area contributed by atoms with Crippen molar-refractivity contribution < 1.29 is 14.4 Å². The molecule has 1 aromatic heterocycles. The molecule has 118 valence electrons. The van der Waals surface area contributed by atoms with Gasteiger partial charge in [0.2, 0.25) is 5.89 Å².